The van der Waals surface area contributed by atoms with Gasteiger partial charge in [-0.2, -0.15) is 0 Å². The van der Waals surface area contributed by atoms with Gasteiger partial charge >= 0.3 is 0 Å². The van der Waals surface area contributed by atoms with Crippen LogP contribution in [0.25, 0.3) is 10.2 Å². The van der Waals surface area contributed by atoms with Crippen LogP contribution in [0.5, 0.6) is 0 Å². The molecular formula is C21H25N5S. The van der Waals surface area contributed by atoms with Crippen molar-refractivity contribution in [3.63, 3.8) is 0 Å². The molecule has 1 aliphatic carbocycles. The minimum atomic E-state index is 0.775. The van der Waals surface area contributed by atoms with Crippen molar-refractivity contribution in [3.05, 3.63) is 47.6 Å². The van der Waals surface area contributed by atoms with Crippen molar-refractivity contribution in [1.29, 1.82) is 0 Å². The minimum absolute atomic E-state index is 0.775. The summed E-state index contributed by atoms with van der Waals surface area (Å²) in [6.45, 7) is 6.77. The second kappa shape index (κ2) is 7.44. The highest BCUT2D eigenvalue weighted by molar-refractivity contribution is 7.16. The van der Waals surface area contributed by atoms with Crippen LogP contribution in [0.15, 0.2) is 42.0 Å². The maximum absolute atomic E-state index is 4.39. The third-order valence-corrected chi connectivity index (χ3v) is 6.43. The zero-order valence-electron chi connectivity index (χ0n) is 15.5. The highest BCUT2D eigenvalue weighted by atomic mass is 32.1. The predicted octanol–water partition coefficient (Wildman–Crippen LogP) is 3.84. The Hall–Kier alpha value is -2.18. The Kier molecular flexibility index (Phi) is 4.67. The van der Waals surface area contributed by atoms with E-state index in [1.54, 1.807) is 17.7 Å². The van der Waals surface area contributed by atoms with Gasteiger partial charge in [-0.1, -0.05) is 12.1 Å². The summed E-state index contributed by atoms with van der Waals surface area (Å²) < 4.78 is 0. The first-order chi connectivity index (χ1) is 13.3. The van der Waals surface area contributed by atoms with Gasteiger partial charge in [-0.05, 0) is 47.9 Å². The molecule has 0 atom stereocenters. The average Bonchev–Trinajstić information content (AvgIpc) is 3.39. The summed E-state index contributed by atoms with van der Waals surface area (Å²) in [6, 6.07) is 11.0. The van der Waals surface area contributed by atoms with E-state index in [4.69, 9.17) is 0 Å². The fourth-order valence-corrected chi connectivity index (χ4v) is 4.53. The summed E-state index contributed by atoms with van der Waals surface area (Å²) in [5, 5.41) is 6.61. The fourth-order valence-electron chi connectivity index (χ4n) is 3.80. The van der Waals surface area contributed by atoms with E-state index >= 15 is 0 Å². The van der Waals surface area contributed by atoms with Crippen molar-refractivity contribution in [1.82, 2.24) is 14.9 Å². The van der Waals surface area contributed by atoms with Crippen LogP contribution in [-0.4, -0.2) is 47.6 Å². The smallest absolute Gasteiger partial charge is 0.138 e. The average molecular weight is 380 g/mol. The molecule has 0 radical (unpaired) electrons. The quantitative estimate of drug-likeness (QED) is 0.705. The van der Waals surface area contributed by atoms with Gasteiger partial charge in [0.15, 0.2) is 0 Å². The fraction of sp³-hybridized carbons (Fsp3) is 0.429. The summed E-state index contributed by atoms with van der Waals surface area (Å²) >= 11 is 1.65. The van der Waals surface area contributed by atoms with Crippen LogP contribution in [0.2, 0.25) is 0 Å². The molecular weight excluding hydrogens is 354 g/mol. The van der Waals surface area contributed by atoms with Gasteiger partial charge in [-0.15, -0.1) is 11.3 Å². The molecule has 5 rings (SSSR count). The Balaban J connectivity index is 1.17. The topological polar surface area (TPSA) is 44.3 Å². The summed E-state index contributed by atoms with van der Waals surface area (Å²) in [5.41, 5.74) is 2.61. The first kappa shape index (κ1) is 17.0. The minimum Gasteiger partial charge on any atom is -0.369 e. The van der Waals surface area contributed by atoms with Crippen LogP contribution in [-0.2, 0) is 6.54 Å². The monoisotopic (exact) mass is 379 g/mol. The second-order valence-corrected chi connectivity index (χ2v) is 8.51. The van der Waals surface area contributed by atoms with Gasteiger partial charge in [0.1, 0.15) is 17.0 Å². The van der Waals surface area contributed by atoms with Crippen LogP contribution in [0.3, 0.4) is 0 Å². The lowest BCUT2D eigenvalue weighted by Gasteiger charge is -2.36. The molecule has 0 amide bonds. The number of benzene rings is 1. The largest absolute Gasteiger partial charge is 0.369 e. The Morgan fingerprint density at radius 2 is 1.81 bits per heavy atom. The van der Waals surface area contributed by atoms with Gasteiger partial charge in [0.25, 0.3) is 0 Å². The van der Waals surface area contributed by atoms with Crippen LogP contribution >= 0.6 is 11.3 Å². The van der Waals surface area contributed by atoms with Crippen molar-refractivity contribution < 1.29 is 0 Å². The number of hydrogen-bond acceptors (Lipinski definition) is 6. The Morgan fingerprint density at radius 3 is 2.59 bits per heavy atom. The number of fused-ring (bicyclic) bond motifs is 1. The lowest BCUT2D eigenvalue weighted by Crippen LogP contribution is -2.47. The van der Waals surface area contributed by atoms with E-state index in [1.165, 1.54) is 43.7 Å². The molecule has 6 heteroatoms. The molecule has 3 aromatic rings. The van der Waals surface area contributed by atoms with E-state index in [0.29, 0.717) is 0 Å². The molecule has 3 heterocycles. The Bertz CT molecular complexity index is 894. The second-order valence-electron chi connectivity index (χ2n) is 7.61. The van der Waals surface area contributed by atoms with Gasteiger partial charge in [0, 0.05) is 45.0 Å². The molecule has 0 unspecified atom stereocenters. The van der Waals surface area contributed by atoms with E-state index in [9.17, 15) is 0 Å². The molecule has 1 saturated carbocycles. The zero-order valence-corrected chi connectivity index (χ0v) is 16.3. The molecule has 5 nitrogen and oxygen atoms in total. The predicted molar refractivity (Wildman–Crippen MR) is 113 cm³/mol. The number of aromatic nitrogens is 2. The van der Waals surface area contributed by atoms with Crippen molar-refractivity contribution in [2.24, 2.45) is 5.92 Å². The molecule has 140 valence electrons. The van der Waals surface area contributed by atoms with Crippen LogP contribution in [0, 0.1) is 5.92 Å². The number of thiophene rings is 1. The first-order valence-corrected chi connectivity index (χ1v) is 10.7. The number of rotatable bonds is 6. The molecule has 27 heavy (non-hydrogen) atoms. The lowest BCUT2D eigenvalue weighted by molar-refractivity contribution is 0.248. The van der Waals surface area contributed by atoms with Crippen molar-refractivity contribution in [2.75, 3.05) is 42.9 Å². The van der Waals surface area contributed by atoms with Crippen LogP contribution in [0.1, 0.15) is 18.4 Å². The van der Waals surface area contributed by atoms with Gasteiger partial charge in [-0.3, -0.25) is 4.90 Å². The number of piperazine rings is 1. The van der Waals surface area contributed by atoms with Crippen molar-refractivity contribution in [2.45, 2.75) is 19.4 Å². The molecule has 2 fully saturated rings. The highest BCUT2D eigenvalue weighted by Crippen LogP contribution is 2.30. The zero-order chi connectivity index (χ0) is 18.1. The molecule has 2 aliphatic rings. The molecule has 1 N–H and O–H groups in total. The molecule has 1 aliphatic heterocycles. The lowest BCUT2D eigenvalue weighted by atomic mass is 10.1. The van der Waals surface area contributed by atoms with Gasteiger partial charge in [0.2, 0.25) is 0 Å². The molecule has 0 bridgehead atoms. The third kappa shape index (κ3) is 3.92. The summed E-state index contributed by atoms with van der Waals surface area (Å²) in [7, 11) is 0. The number of hydrogen-bond donors (Lipinski definition) is 1. The van der Waals surface area contributed by atoms with E-state index in [-0.39, 0.29) is 0 Å². The van der Waals surface area contributed by atoms with E-state index < -0.39 is 0 Å². The van der Waals surface area contributed by atoms with E-state index in [0.717, 1.165) is 41.6 Å². The number of nitrogens with zero attached hydrogens (tertiary/aromatic N) is 4. The maximum Gasteiger partial charge on any atom is 0.138 e. The summed E-state index contributed by atoms with van der Waals surface area (Å²) in [5.74, 6) is 1.91. The van der Waals surface area contributed by atoms with Crippen molar-refractivity contribution >= 4 is 33.1 Å². The van der Waals surface area contributed by atoms with Crippen molar-refractivity contribution in [3.8, 4) is 0 Å². The number of anilines is 2. The van der Waals surface area contributed by atoms with E-state index in [2.05, 4.69) is 60.8 Å². The number of nitrogens with one attached hydrogen (secondary N) is 1. The van der Waals surface area contributed by atoms with E-state index in [1.807, 2.05) is 0 Å². The first-order valence-electron chi connectivity index (χ1n) is 9.83. The highest BCUT2D eigenvalue weighted by Gasteiger charge is 2.26. The molecule has 1 aromatic carbocycles. The summed E-state index contributed by atoms with van der Waals surface area (Å²) in [6.07, 6.45) is 4.53. The molecule has 1 saturated heterocycles. The SMILES string of the molecule is c1nc(NCc2ccc(N3CCN(CC4CC4)CC3)cc2)c2ccsc2n1. The third-order valence-electron chi connectivity index (χ3n) is 5.61. The molecule has 0 spiro atoms. The standard InChI is InChI=1S/C21H25N5S/c1-2-17(1)14-25-8-10-26(11-9-25)18-5-3-16(4-6-18)13-22-20-19-7-12-27-21(19)24-15-23-20/h3-7,12,15,17H,1-2,8-11,13-14H2,(H,22,23,24). The summed E-state index contributed by atoms with van der Waals surface area (Å²) in [4.78, 5) is 14.9. The van der Waals surface area contributed by atoms with Gasteiger partial charge < -0.3 is 10.2 Å². The Morgan fingerprint density at radius 1 is 1.00 bits per heavy atom. The Labute approximate surface area is 164 Å². The maximum atomic E-state index is 4.39. The van der Waals surface area contributed by atoms with Crippen LogP contribution < -0.4 is 10.2 Å². The van der Waals surface area contributed by atoms with Crippen LogP contribution in [0.4, 0.5) is 11.5 Å². The normalized spacial score (nSPS) is 18.1. The molecule has 2 aromatic heterocycles. The van der Waals surface area contributed by atoms with Gasteiger partial charge in [0.05, 0.1) is 5.39 Å². The van der Waals surface area contributed by atoms with Gasteiger partial charge in [-0.25, -0.2) is 9.97 Å².